The molecule has 1 N–H and O–H groups in total. The number of para-hydroxylation sites is 1. The summed E-state index contributed by atoms with van der Waals surface area (Å²) in [4.78, 5) is 29.3. The lowest BCUT2D eigenvalue weighted by Gasteiger charge is -2.34. The maximum Gasteiger partial charge on any atom is 0.244 e. The van der Waals surface area contributed by atoms with Crippen molar-refractivity contribution in [3.8, 4) is 5.75 Å². The summed E-state index contributed by atoms with van der Waals surface area (Å²) in [6, 6.07) is 23.1. The molecular weight excluding hydrogens is 538 g/mol. The molecule has 0 aliphatic rings. The zero-order valence-corrected chi connectivity index (χ0v) is 25.4. The summed E-state index contributed by atoms with van der Waals surface area (Å²) in [5.41, 5.74) is 2.91. The van der Waals surface area contributed by atoms with Gasteiger partial charge in [-0.2, -0.15) is 0 Å². The van der Waals surface area contributed by atoms with Gasteiger partial charge < -0.3 is 15.0 Å². The number of methoxy groups -OCH3 is 1. The van der Waals surface area contributed by atoms with Crippen LogP contribution in [0, 0.1) is 0 Å². The molecule has 0 saturated heterocycles. The Morgan fingerprint density at radius 3 is 2.22 bits per heavy atom. The summed E-state index contributed by atoms with van der Waals surface area (Å²) >= 11 is 0. The van der Waals surface area contributed by atoms with E-state index in [9.17, 15) is 18.0 Å². The summed E-state index contributed by atoms with van der Waals surface area (Å²) < 4.78 is 32.7. The zero-order chi connectivity index (χ0) is 30.0. The summed E-state index contributed by atoms with van der Waals surface area (Å²) in [6.07, 6.45) is 2.11. The molecule has 220 valence electrons. The van der Waals surface area contributed by atoms with Gasteiger partial charge >= 0.3 is 0 Å². The quantitative estimate of drug-likeness (QED) is 0.297. The first-order valence-corrected chi connectivity index (χ1v) is 15.7. The number of hydrogen-bond donors (Lipinski definition) is 1. The van der Waals surface area contributed by atoms with Gasteiger partial charge in [0.1, 0.15) is 18.3 Å². The van der Waals surface area contributed by atoms with Gasteiger partial charge in [0, 0.05) is 19.5 Å². The number of sulfonamides is 1. The predicted octanol–water partition coefficient (Wildman–Crippen LogP) is 4.75. The third-order valence-electron chi connectivity index (χ3n) is 6.81. The Morgan fingerprint density at radius 1 is 0.927 bits per heavy atom. The van der Waals surface area contributed by atoms with Crippen LogP contribution in [-0.4, -0.2) is 57.6 Å². The number of nitrogens with zero attached hydrogens (tertiary/aromatic N) is 2. The Labute approximate surface area is 244 Å². The fourth-order valence-corrected chi connectivity index (χ4v) is 5.55. The van der Waals surface area contributed by atoms with Crippen LogP contribution in [0.25, 0.3) is 0 Å². The molecule has 0 saturated carbocycles. The fraction of sp³-hybridized carbons (Fsp3) is 0.375. The van der Waals surface area contributed by atoms with Gasteiger partial charge in [-0.25, -0.2) is 8.42 Å². The molecule has 0 spiro atoms. The van der Waals surface area contributed by atoms with Crippen molar-refractivity contribution in [1.29, 1.82) is 0 Å². The fourth-order valence-electron chi connectivity index (χ4n) is 4.69. The SMILES string of the molecule is CCCNC(=O)[C@@H](Cc1ccccc1)N(Cc1cccc(OC)c1)C(=O)CN(c1ccccc1C(C)C)S(C)(=O)=O. The minimum Gasteiger partial charge on any atom is -0.497 e. The monoisotopic (exact) mass is 579 g/mol. The van der Waals surface area contributed by atoms with E-state index in [1.54, 1.807) is 25.3 Å². The molecule has 0 radical (unpaired) electrons. The van der Waals surface area contributed by atoms with Crippen molar-refractivity contribution in [2.45, 2.75) is 52.1 Å². The van der Waals surface area contributed by atoms with Crippen LogP contribution in [0.15, 0.2) is 78.9 Å². The molecule has 3 aromatic carbocycles. The van der Waals surface area contributed by atoms with Gasteiger partial charge in [0.2, 0.25) is 21.8 Å². The standard InChI is InChI=1S/C32H41N3O5S/c1-6-19-33-32(37)30(21-25-13-8-7-9-14-25)34(22-26-15-12-16-27(20-26)40-4)31(36)23-35(41(5,38)39)29-18-11-10-17-28(29)24(2)3/h7-18,20,24,30H,6,19,21-23H2,1-5H3,(H,33,37)/t30-/m1/s1. The highest BCUT2D eigenvalue weighted by Crippen LogP contribution is 2.29. The normalized spacial score (nSPS) is 12.0. The number of carbonyl (C=O) groups is 2. The van der Waals surface area contributed by atoms with Gasteiger partial charge in [0.25, 0.3) is 0 Å². The molecule has 0 unspecified atom stereocenters. The Hall–Kier alpha value is -3.85. The topological polar surface area (TPSA) is 96.0 Å². The van der Waals surface area contributed by atoms with E-state index >= 15 is 0 Å². The molecule has 0 heterocycles. The molecule has 0 aliphatic carbocycles. The van der Waals surface area contributed by atoms with Gasteiger partial charge in [-0.05, 0) is 47.2 Å². The minimum atomic E-state index is -3.84. The molecule has 0 fully saturated rings. The summed E-state index contributed by atoms with van der Waals surface area (Å²) in [7, 11) is -2.28. The zero-order valence-electron chi connectivity index (χ0n) is 24.5. The highest BCUT2D eigenvalue weighted by molar-refractivity contribution is 7.92. The maximum atomic E-state index is 14.2. The van der Waals surface area contributed by atoms with Gasteiger partial charge in [-0.1, -0.05) is 81.4 Å². The van der Waals surface area contributed by atoms with Crippen molar-refractivity contribution in [3.05, 3.63) is 95.6 Å². The summed E-state index contributed by atoms with van der Waals surface area (Å²) in [6.45, 7) is 6.02. The number of ether oxygens (including phenoxy) is 1. The predicted molar refractivity (Wildman–Crippen MR) is 163 cm³/mol. The molecule has 0 aromatic heterocycles. The van der Waals surface area contributed by atoms with Crippen LogP contribution >= 0.6 is 0 Å². The largest absolute Gasteiger partial charge is 0.497 e. The second-order valence-corrected chi connectivity index (χ2v) is 12.3. The van der Waals surface area contributed by atoms with Gasteiger partial charge in [-0.3, -0.25) is 13.9 Å². The number of anilines is 1. The third-order valence-corrected chi connectivity index (χ3v) is 7.94. The number of carbonyl (C=O) groups excluding carboxylic acids is 2. The van der Waals surface area contributed by atoms with Crippen LogP contribution < -0.4 is 14.4 Å². The van der Waals surface area contributed by atoms with Gasteiger partial charge in [-0.15, -0.1) is 0 Å². The number of amides is 2. The molecule has 3 aromatic rings. The van der Waals surface area contributed by atoms with Crippen molar-refractivity contribution in [3.63, 3.8) is 0 Å². The summed E-state index contributed by atoms with van der Waals surface area (Å²) in [5.74, 6) is -0.123. The first kappa shape index (κ1) is 31.7. The Morgan fingerprint density at radius 2 is 1.59 bits per heavy atom. The molecule has 2 amide bonds. The first-order chi connectivity index (χ1) is 19.5. The van der Waals surface area contributed by atoms with Crippen LogP contribution in [-0.2, 0) is 32.6 Å². The van der Waals surface area contributed by atoms with Crippen molar-refractivity contribution in [2.24, 2.45) is 0 Å². The molecule has 8 nitrogen and oxygen atoms in total. The van der Waals surface area contributed by atoms with Crippen molar-refractivity contribution in [1.82, 2.24) is 10.2 Å². The van der Waals surface area contributed by atoms with E-state index in [4.69, 9.17) is 4.74 Å². The second-order valence-electron chi connectivity index (χ2n) is 10.4. The van der Waals surface area contributed by atoms with Crippen molar-refractivity contribution >= 4 is 27.5 Å². The van der Waals surface area contributed by atoms with E-state index in [0.29, 0.717) is 18.0 Å². The molecule has 9 heteroatoms. The van der Waals surface area contributed by atoms with E-state index in [-0.39, 0.29) is 24.8 Å². The number of hydrogen-bond acceptors (Lipinski definition) is 5. The molecular formula is C32H41N3O5S. The molecule has 1 atom stereocenters. The van der Waals surface area contributed by atoms with Gasteiger partial charge in [0.05, 0.1) is 19.1 Å². The number of benzene rings is 3. The molecule has 3 rings (SSSR count). The van der Waals surface area contributed by atoms with Gasteiger partial charge in [0.15, 0.2) is 0 Å². The Kier molecular flexibility index (Phi) is 11.3. The van der Waals surface area contributed by atoms with Crippen LogP contribution in [0.1, 0.15) is 49.8 Å². The number of rotatable bonds is 14. The lowest BCUT2D eigenvalue weighted by Crippen LogP contribution is -2.53. The molecule has 0 aliphatic heterocycles. The minimum absolute atomic E-state index is 0.0316. The van der Waals surface area contributed by atoms with E-state index in [1.807, 2.05) is 81.4 Å². The van der Waals surface area contributed by atoms with E-state index in [0.717, 1.165) is 33.7 Å². The molecule has 41 heavy (non-hydrogen) atoms. The van der Waals surface area contributed by atoms with Crippen molar-refractivity contribution < 1.29 is 22.7 Å². The Bertz CT molecular complexity index is 1410. The van der Waals surface area contributed by atoms with E-state index < -0.39 is 28.5 Å². The average molecular weight is 580 g/mol. The van der Waals surface area contributed by atoms with E-state index in [2.05, 4.69) is 5.32 Å². The van der Waals surface area contributed by atoms with Crippen LogP contribution in [0.3, 0.4) is 0 Å². The maximum absolute atomic E-state index is 14.2. The second kappa shape index (κ2) is 14.7. The lowest BCUT2D eigenvalue weighted by molar-refractivity contribution is -0.140. The van der Waals surface area contributed by atoms with Crippen molar-refractivity contribution in [2.75, 3.05) is 30.8 Å². The number of nitrogens with one attached hydrogen (secondary N) is 1. The summed E-state index contributed by atoms with van der Waals surface area (Å²) in [5, 5.41) is 2.95. The Balaban J connectivity index is 2.09. The highest BCUT2D eigenvalue weighted by atomic mass is 32.2. The lowest BCUT2D eigenvalue weighted by atomic mass is 10.0. The van der Waals surface area contributed by atoms with Crippen LogP contribution in [0.5, 0.6) is 5.75 Å². The van der Waals surface area contributed by atoms with Crippen LogP contribution in [0.4, 0.5) is 5.69 Å². The smallest absolute Gasteiger partial charge is 0.244 e. The first-order valence-electron chi connectivity index (χ1n) is 13.9. The van der Waals surface area contributed by atoms with E-state index in [1.165, 1.54) is 4.90 Å². The molecule has 0 bridgehead atoms. The highest BCUT2D eigenvalue weighted by Gasteiger charge is 2.33. The third kappa shape index (κ3) is 8.82. The van der Waals surface area contributed by atoms with Crippen LogP contribution in [0.2, 0.25) is 0 Å². The average Bonchev–Trinajstić information content (AvgIpc) is 2.96.